The zero-order valence-corrected chi connectivity index (χ0v) is 31.9. The highest BCUT2D eigenvalue weighted by molar-refractivity contribution is 5.89. The monoisotopic (exact) mass is 770 g/mol. The molecule has 11 atom stereocenters. The Morgan fingerprint density at radius 1 is 0.782 bits per heavy atom. The third-order valence-electron chi connectivity index (χ3n) is 11.3. The van der Waals surface area contributed by atoms with Gasteiger partial charge in [0.2, 0.25) is 0 Å². The van der Waals surface area contributed by atoms with Gasteiger partial charge < -0.3 is 43.0 Å². The van der Waals surface area contributed by atoms with Crippen molar-refractivity contribution < 1.29 is 76.6 Å². The van der Waals surface area contributed by atoms with Crippen molar-refractivity contribution in [1.82, 2.24) is 0 Å². The molecule has 0 unspecified atom stereocenters. The van der Waals surface area contributed by atoms with Crippen LogP contribution in [0.4, 0.5) is 0 Å². The molecule has 5 rings (SSSR count). The first-order valence-corrected chi connectivity index (χ1v) is 17.7. The summed E-state index contributed by atoms with van der Waals surface area (Å²) in [4.78, 5) is 91.8. The van der Waals surface area contributed by atoms with Crippen molar-refractivity contribution in [3.05, 3.63) is 59.9 Å². The molecule has 1 aliphatic heterocycles. The molecule has 0 aromatic heterocycles. The molecule has 0 radical (unpaired) electrons. The second-order valence-electron chi connectivity index (χ2n) is 14.8. The Morgan fingerprint density at radius 2 is 1.35 bits per heavy atom. The Hall–Kier alpha value is -5.09. The first kappa shape index (κ1) is 41.1. The van der Waals surface area contributed by atoms with Gasteiger partial charge in [0.1, 0.15) is 36.3 Å². The first-order chi connectivity index (χ1) is 25.6. The number of hydrogen-bond acceptors (Lipinski definition) is 16. The van der Waals surface area contributed by atoms with Gasteiger partial charge in [0, 0.05) is 65.2 Å². The summed E-state index contributed by atoms with van der Waals surface area (Å²) < 4.78 is 48.1. The lowest BCUT2D eigenvalue weighted by Crippen LogP contribution is -2.79. The third-order valence-corrected chi connectivity index (χ3v) is 11.3. The van der Waals surface area contributed by atoms with E-state index in [1.807, 2.05) is 0 Å². The van der Waals surface area contributed by atoms with E-state index in [1.54, 1.807) is 25.1 Å². The molecule has 1 aromatic rings. The maximum absolute atomic E-state index is 13.8. The van der Waals surface area contributed by atoms with Crippen LogP contribution in [-0.2, 0) is 66.7 Å². The Labute approximate surface area is 317 Å². The zero-order valence-electron chi connectivity index (χ0n) is 31.9. The summed E-state index contributed by atoms with van der Waals surface area (Å²) in [6, 6.07) is 7.83. The molecule has 4 bridgehead atoms. The van der Waals surface area contributed by atoms with E-state index in [-0.39, 0.29) is 29.9 Å². The van der Waals surface area contributed by atoms with Crippen LogP contribution >= 0.6 is 0 Å². The van der Waals surface area contributed by atoms with E-state index in [1.165, 1.54) is 25.1 Å². The first-order valence-electron chi connectivity index (χ1n) is 17.7. The quantitative estimate of drug-likeness (QED) is 0.217. The van der Waals surface area contributed by atoms with E-state index < -0.39 is 113 Å². The summed E-state index contributed by atoms with van der Waals surface area (Å²) in [5.41, 5.74) is -8.19. The molecule has 1 heterocycles. The minimum atomic E-state index is -2.52. The van der Waals surface area contributed by atoms with Crippen molar-refractivity contribution >= 4 is 41.8 Å². The van der Waals surface area contributed by atoms with Gasteiger partial charge in [-0.25, -0.2) is 4.79 Å². The number of hydrogen-bond donors (Lipinski definition) is 1. The normalized spacial score (nSPS) is 36.0. The van der Waals surface area contributed by atoms with Gasteiger partial charge in [0.25, 0.3) is 0 Å². The molecule has 4 aliphatic rings. The van der Waals surface area contributed by atoms with E-state index in [0.717, 1.165) is 41.5 Å². The summed E-state index contributed by atoms with van der Waals surface area (Å²) in [6.45, 7) is 12.7. The second kappa shape index (κ2) is 14.9. The second-order valence-corrected chi connectivity index (χ2v) is 14.8. The molecule has 0 spiro atoms. The van der Waals surface area contributed by atoms with Crippen LogP contribution in [0.3, 0.4) is 0 Å². The van der Waals surface area contributed by atoms with E-state index in [9.17, 15) is 38.7 Å². The molecule has 1 N–H and O–H groups in total. The maximum atomic E-state index is 13.8. The molecule has 298 valence electrons. The highest BCUT2D eigenvalue weighted by Crippen LogP contribution is 2.68. The summed E-state index contributed by atoms with van der Waals surface area (Å²) in [6.07, 6.45) is -7.20. The summed E-state index contributed by atoms with van der Waals surface area (Å²) in [5.74, 6) is -9.07. The fourth-order valence-corrected chi connectivity index (χ4v) is 9.22. The van der Waals surface area contributed by atoms with Gasteiger partial charge >= 0.3 is 41.8 Å². The van der Waals surface area contributed by atoms with Crippen LogP contribution in [0.1, 0.15) is 72.2 Å². The van der Waals surface area contributed by atoms with Crippen molar-refractivity contribution in [1.29, 1.82) is 0 Å². The molecule has 0 amide bonds. The SMILES string of the molecule is C=C1[C@@H](OC(C)=O)C[C@H](OC(C)=O)[C@@]2(COC(=O)c3ccccc3)[C@@H](OC(C)=O)[C@H](OC(C)=O)[C@]3(O)[C@@]4(C)CO[C@]3(C)C(OC(C)=O)=C[C@H]4[C@@H](OC(C)=O)[C@H]12. The van der Waals surface area contributed by atoms with E-state index in [4.69, 9.17) is 37.9 Å². The van der Waals surface area contributed by atoms with Crippen LogP contribution in [0.25, 0.3) is 0 Å². The number of esters is 7. The molecule has 16 nitrogen and oxygen atoms in total. The van der Waals surface area contributed by atoms with Crippen molar-refractivity contribution in [2.45, 2.75) is 104 Å². The van der Waals surface area contributed by atoms with Crippen LogP contribution in [0, 0.1) is 22.7 Å². The number of carbonyl (C=O) groups is 7. The van der Waals surface area contributed by atoms with Crippen molar-refractivity contribution in [3.8, 4) is 0 Å². The van der Waals surface area contributed by atoms with Crippen LogP contribution in [0.2, 0.25) is 0 Å². The van der Waals surface area contributed by atoms with Crippen molar-refractivity contribution in [2.75, 3.05) is 13.2 Å². The largest absolute Gasteiger partial charge is 0.461 e. The summed E-state index contributed by atoms with van der Waals surface area (Å²) in [7, 11) is 0. The van der Waals surface area contributed by atoms with Gasteiger partial charge in [0.05, 0.1) is 17.6 Å². The van der Waals surface area contributed by atoms with E-state index >= 15 is 0 Å². The van der Waals surface area contributed by atoms with E-state index in [2.05, 4.69) is 6.58 Å². The Balaban J connectivity index is 1.97. The summed E-state index contributed by atoms with van der Waals surface area (Å²) >= 11 is 0. The number of carbonyl (C=O) groups excluding carboxylic acids is 7. The topological polar surface area (TPSA) is 214 Å². The lowest BCUT2D eigenvalue weighted by Gasteiger charge is -2.64. The van der Waals surface area contributed by atoms with Gasteiger partial charge in [-0.1, -0.05) is 31.7 Å². The van der Waals surface area contributed by atoms with Crippen LogP contribution in [-0.4, -0.2) is 102 Å². The lowest BCUT2D eigenvalue weighted by molar-refractivity contribution is -0.298. The van der Waals surface area contributed by atoms with Crippen molar-refractivity contribution in [3.63, 3.8) is 0 Å². The molecule has 3 fully saturated rings. The van der Waals surface area contributed by atoms with Crippen LogP contribution < -0.4 is 0 Å². The van der Waals surface area contributed by atoms with Gasteiger partial charge in [0.15, 0.2) is 17.8 Å². The molecule has 1 aromatic carbocycles. The number of ether oxygens (including phenoxy) is 8. The standard InChI is InChI=1S/C39H46O16/c1-19-28(50-20(2)40)16-30(52-22(4)42)38(18-48-35(46)26-13-11-10-12-14-26)31(19)32(53-23(5)43)27-15-29(51-21(3)41)37(9)39(47,36(27,8)17-49-37)34(55-25(7)45)33(38)54-24(6)44/h10-15,27-28,30-34,47H,1,16-18H2,2-9H3/t27-,28-,30-,31-,32+,33-,34-,36-,37+,38+,39-/m0/s1. The van der Waals surface area contributed by atoms with Crippen molar-refractivity contribution in [2.24, 2.45) is 22.7 Å². The predicted octanol–water partition coefficient (Wildman–Crippen LogP) is 2.68. The van der Waals surface area contributed by atoms with Crippen LogP contribution in [0.15, 0.2) is 54.3 Å². The number of aliphatic hydroxyl groups is 1. The third kappa shape index (κ3) is 6.79. The fourth-order valence-electron chi connectivity index (χ4n) is 9.22. The fraction of sp³-hybridized carbons (Fsp3) is 0.564. The number of fused-ring (bicyclic) bond motifs is 1. The Kier molecular flexibility index (Phi) is 11.1. The Bertz CT molecular complexity index is 1820. The summed E-state index contributed by atoms with van der Waals surface area (Å²) in [5, 5.41) is 13.5. The Morgan fingerprint density at radius 3 is 1.89 bits per heavy atom. The lowest BCUT2D eigenvalue weighted by atomic mass is 9.45. The van der Waals surface area contributed by atoms with Gasteiger partial charge in [-0.2, -0.15) is 0 Å². The molecular formula is C39H46O16. The molecule has 1 saturated heterocycles. The van der Waals surface area contributed by atoms with Gasteiger partial charge in [-0.15, -0.1) is 0 Å². The number of benzene rings is 1. The molecule has 3 aliphatic carbocycles. The zero-order chi connectivity index (χ0) is 40.8. The predicted molar refractivity (Wildman–Crippen MR) is 185 cm³/mol. The number of rotatable bonds is 9. The highest BCUT2D eigenvalue weighted by Gasteiger charge is 2.82. The highest BCUT2D eigenvalue weighted by atomic mass is 16.6. The van der Waals surface area contributed by atoms with E-state index in [0.29, 0.717) is 0 Å². The smallest absolute Gasteiger partial charge is 0.338 e. The van der Waals surface area contributed by atoms with Gasteiger partial charge in [-0.3, -0.25) is 28.8 Å². The molecule has 2 saturated carbocycles. The average molecular weight is 771 g/mol. The minimum Gasteiger partial charge on any atom is -0.461 e. The van der Waals surface area contributed by atoms with Crippen LogP contribution in [0.5, 0.6) is 0 Å². The molecule has 16 heteroatoms. The molecular weight excluding hydrogens is 724 g/mol. The average Bonchev–Trinajstić information content (AvgIpc) is 3.21. The van der Waals surface area contributed by atoms with Gasteiger partial charge in [-0.05, 0) is 30.7 Å². The maximum Gasteiger partial charge on any atom is 0.338 e. The minimum absolute atomic E-state index is 0.0445. The molecule has 55 heavy (non-hydrogen) atoms.